The van der Waals surface area contributed by atoms with E-state index >= 15 is 0 Å². The Morgan fingerprint density at radius 2 is 2.32 bits per heavy atom. The van der Waals surface area contributed by atoms with Crippen molar-refractivity contribution in [3.05, 3.63) is 29.3 Å². The minimum Gasteiger partial charge on any atom is -0.316 e. The summed E-state index contributed by atoms with van der Waals surface area (Å²) in [6, 6.07) is 7.97. The second kappa shape index (κ2) is 5.02. The van der Waals surface area contributed by atoms with E-state index in [0.29, 0.717) is 5.01 Å². The van der Waals surface area contributed by atoms with Gasteiger partial charge in [0.1, 0.15) is 0 Å². The lowest BCUT2D eigenvalue weighted by Gasteiger charge is -2.24. The molecule has 0 amide bonds. The number of benzene rings is 1. The van der Waals surface area contributed by atoms with E-state index in [0.717, 1.165) is 42.6 Å². The number of fused-ring (bicyclic) bond motifs is 1. The van der Waals surface area contributed by atoms with Gasteiger partial charge in [-0.2, -0.15) is 0 Å². The fraction of sp³-hybridized carbons (Fsp3) is 0.467. The number of rotatable bonds is 4. The molecule has 0 radical (unpaired) electrons. The summed E-state index contributed by atoms with van der Waals surface area (Å²) in [5, 5.41) is 4.02. The van der Waals surface area contributed by atoms with Crippen molar-refractivity contribution in [1.29, 1.82) is 0 Å². The molecule has 1 saturated heterocycles. The van der Waals surface area contributed by atoms with E-state index < -0.39 is 0 Å². The van der Waals surface area contributed by atoms with Gasteiger partial charge in [0, 0.05) is 12.0 Å². The molecule has 3 nitrogen and oxygen atoms in total. The predicted octanol–water partition coefficient (Wildman–Crippen LogP) is 3.26. The monoisotopic (exact) mass is 274 g/mol. The highest BCUT2D eigenvalue weighted by Crippen LogP contribution is 2.36. The molecule has 1 unspecified atom stereocenters. The Balaban J connectivity index is 1.97. The number of hydrogen-bond donors (Lipinski definition) is 1. The average Bonchev–Trinajstić information content (AvgIpc) is 3.04. The minimum absolute atomic E-state index is 0.220. The van der Waals surface area contributed by atoms with Gasteiger partial charge < -0.3 is 5.32 Å². The molecule has 0 aliphatic carbocycles. The standard InChI is InChI=1S/C15H18N2OS/c1-2-7-15(8-9-16-10-15)13(18)14-17-11-5-3-4-6-12(11)19-14/h3-6,16H,2,7-10H2,1H3. The fourth-order valence-corrected chi connectivity index (χ4v) is 3.97. The molecule has 1 aliphatic rings. The Morgan fingerprint density at radius 1 is 1.47 bits per heavy atom. The lowest BCUT2D eigenvalue weighted by atomic mass is 9.78. The molecule has 1 atom stereocenters. The van der Waals surface area contributed by atoms with E-state index in [2.05, 4.69) is 17.2 Å². The third-order valence-corrected chi connectivity index (χ3v) is 4.98. The quantitative estimate of drug-likeness (QED) is 0.870. The van der Waals surface area contributed by atoms with Crippen molar-refractivity contribution >= 4 is 27.3 Å². The number of para-hydroxylation sites is 1. The Labute approximate surface area is 117 Å². The zero-order valence-corrected chi connectivity index (χ0v) is 11.9. The van der Waals surface area contributed by atoms with Crippen LogP contribution in [0.5, 0.6) is 0 Å². The van der Waals surface area contributed by atoms with Gasteiger partial charge in [-0.25, -0.2) is 4.98 Å². The molecule has 0 bridgehead atoms. The van der Waals surface area contributed by atoms with Crippen LogP contribution < -0.4 is 5.32 Å². The molecule has 1 aromatic heterocycles. The highest BCUT2D eigenvalue weighted by atomic mass is 32.1. The number of aromatic nitrogens is 1. The summed E-state index contributed by atoms with van der Waals surface area (Å²) in [4.78, 5) is 17.4. The molecule has 100 valence electrons. The van der Waals surface area contributed by atoms with Crippen molar-refractivity contribution in [3.8, 4) is 0 Å². The summed E-state index contributed by atoms with van der Waals surface area (Å²) in [5.41, 5.74) is 0.719. The molecular formula is C15H18N2OS. The van der Waals surface area contributed by atoms with Gasteiger partial charge >= 0.3 is 0 Å². The lowest BCUT2D eigenvalue weighted by Crippen LogP contribution is -2.33. The summed E-state index contributed by atoms with van der Waals surface area (Å²) in [6.45, 7) is 3.89. The van der Waals surface area contributed by atoms with Crippen molar-refractivity contribution in [1.82, 2.24) is 10.3 Å². The first kappa shape index (κ1) is 12.8. The summed E-state index contributed by atoms with van der Waals surface area (Å²) in [5.74, 6) is 0.237. The van der Waals surface area contributed by atoms with E-state index in [-0.39, 0.29) is 11.2 Å². The molecule has 0 spiro atoms. The fourth-order valence-electron chi connectivity index (χ4n) is 2.94. The number of hydrogen-bond acceptors (Lipinski definition) is 4. The molecule has 2 heterocycles. The van der Waals surface area contributed by atoms with Crippen LogP contribution in [0.2, 0.25) is 0 Å². The third kappa shape index (κ3) is 2.19. The summed E-state index contributed by atoms with van der Waals surface area (Å²) in [6.07, 6.45) is 2.93. The molecule has 1 aliphatic heterocycles. The van der Waals surface area contributed by atoms with Crippen LogP contribution in [0.1, 0.15) is 36.0 Å². The van der Waals surface area contributed by atoms with Gasteiger partial charge in [-0.05, 0) is 31.5 Å². The summed E-state index contributed by atoms with van der Waals surface area (Å²) in [7, 11) is 0. The maximum Gasteiger partial charge on any atom is 0.198 e. The van der Waals surface area contributed by atoms with E-state index in [1.165, 1.54) is 11.3 Å². The maximum absolute atomic E-state index is 12.8. The molecule has 1 fully saturated rings. The molecular weight excluding hydrogens is 256 g/mol. The van der Waals surface area contributed by atoms with Gasteiger partial charge in [-0.1, -0.05) is 25.5 Å². The van der Waals surface area contributed by atoms with Crippen LogP contribution in [0.15, 0.2) is 24.3 Å². The van der Waals surface area contributed by atoms with Crippen LogP contribution in [0.3, 0.4) is 0 Å². The molecule has 3 rings (SSSR count). The van der Waals surface area contributed by atoms with E-state index in [1.54, 1.807) is 0 Å². The molecule has 19 heavy (non-hydrogen) atoms. The Hall–Kier alpha value is -1.26. The van der Waals surface area contributed by atoms with Crippen LogP contribution >= 0.6 is 11.3 Å². The van der Waals surface area contributed by atoms with Gasteiger partial charge in [0.25, 0.3) is 0 Å². The van der Waals surface area contributed by atoms with Crippen LogP contribution in [-0.4, -0.2) is 23.9 Å². The molecule has 1 N–H and O–H groups in total. The van der Waals surface area contributed by atoms with Crippen molar-refractivity contribution < 1.29 is 4.79 Å². The SMILES string of the molecule is CCCC1(C(=O)c2nc3ccccc3s2)CCNC1. The van der Waals surface area contributed by atoms with Gasteiger partial charge in [0.05, 0.1) is 10.2 Å². The number of carbonyl (C=O) groups is 1. The first-order valence-corrected chi connectivity index (χ1v) is 7.68. The molecule has 2 aromatic rings. The number of thiazole rings is 1. The zero-order chi connectivity index (χ0) is 13.3. The second-order valence-corrected chi connectivity index (χ2v) is 6.30. The number of Topliss-reactive ketones (excluding diaryl/α,β-unsaturated/α-hetero) is 1. The summed E-state index contributed by atoms with van der Waals surface area (Å²) < 4.78 is 1.10. The molecule has 1 aromatic carbocycles. The molecule has 0 saturated carbocycles. The van der Waals surface area contributed by atoms with Crippen LogP contribution in [-0.2, 0) is 0 Å². The van der Waals surface area contributed by atoms with Gasteiger partial charge in [-0.15, -0.1) is 11.3 Å². The Kier molecular flexibility index (Phi) is 3.37. The lowest BCUT2D eigenvalue weighted by molar-refractivity contribution is 0.0801. The topological polar surface area (TPSA) is 42.0 Å². The first-order chi connectivity index (χ1) is 9.25. The van der Waals surface area contributed by atoms with Crippen molar-refractivity contribution in [2.75, 3.05) is 13.1 Å². The van der Waals surface area contributed by atoms with E-state index in [9.17, 15) is 4.79 Å². The van der Waals surface area contributed by atoms with Crippen molar-refractivity contribution in [2.45, 2.75) is 26.2 Å². The highest BCUT2D eigenvalue weighted by molar-refractivity contribution is 7.20. The minimum atomic E-state index is -0.220. The smallest absolute Gasteiger partial charge is 0.198 e. The summed E-state index contributed by atoms with van der Waals surface area (Å²) >= 11 is 1.53. The third-order valence-electron chi connectivity index (χ3n) is 3.94. The second-order valence-electron chi connectivity index (χ2n) is 5.27. The van der Waals surface area contributed by atoms with Crippen molar-refractivity contribution in [3.63, 3.8) is 0 Å². The zero-order valence-electron chi connectivity index (χ0n) is 11.1. The van der Waals surface area contributed by atoms with Gasteiger partial charge in [0.15, 0.2) is 10.8 Å². The van der Waals surface area contributed by atoms with Crippen LogP contribution in [0.25, 0.3) is 10.2 Å². The Bertz CT molecular complexity index is 566. The predicted molar refractivity (Wildman–Crippen MR) is 78.8 cm³/mol. The van der Waals surface area contributed by atoms with Crippen molar-refractivity contribution in [2.24, 2.45) is 5.41 Å². The number of nitrogens with one attached hydrogen (secondary N) is 1. The Morgan fingerprint density at radius 3 is 3.00 bits per heavy atom. The highest BCUT2D eigenvalue weighted by Gasteiger charge is 2.41. The van der Waals surface area contributed by atoms with Crippen LogP contribution in [0.4, 0.5) is 0 Å². The molecule has 4 heteroatoms. The average molecular weight is 274 g/mol. The number of carbonyl (C=O) groups excluding carboxylic acids is 1. The van der Waals surface area contributed by atoms with Crippen LogP contribution in [0, 0.1) is 5.41 Å². The maximum atomic E-state index is 12.8. The van der Waals surface area contributed by atoms with E-state index in [1.807, 2.05) is 24.3 Å². The first-order valence-electron chi connectivity index (χ1n) is 6.86. The van der Waals surface area contributed by atoms with Gasteiger partial charge in [-0.3, -0.25) is 4.79 Å². The van der Waals surface area contributed by atoms with E-state index in [4.69, 9.17) is 0 Å². The largest absolute Gasteiger partial charge is 0.316 e. The number of ketones is 1. The van der Waals surface area contributed by atoms with Gasteiger partial charge in [0.2, 0.25) is 0 Å². The normalized spacial score (nSPS) is 23.0. The number of nitrogens with zero attached hydrogens (tertiary/aromatic N) is 1.